The van der Waals surface area contributed by atoms with Crippen LogP contribution in [-0.2, 0) is 0 Å². The van der Waals surface area contributed by atoms with Crippen LogP contribution in [-0.4, -0.2) is 16.1 Å². The van der Waals surface area contributed by atoms with Crippen LogP contribution in [0.3, 0.4) is 0 Å². The van der Waals surface area contributed by atoms with E-state index in [0.29, 0.717) is 5.39 Å². The molecule has 2 aromatic rings. The van der Waals surface area contributed by atoms with E-state index in [-0.39, 0.29) is 68.2 Å². The van der Waals surface area contributed by atoms with Gasteiger partial charge in [0.25, 0.3) is 0 Å². The van der Waals surface area contributed by atoms with E-state index < -0.39 is 5.97 Å². The molecule has 0 radical (unpaired) electrons. The molecule has 0 fully saturated rings. The van der Waals surface area contributed by atoms with Crippen molar-refractivity contribution in [2.75, 3.05) is 0 Å². The largest absolute Gasteiger partial charge is 1.00 e. The number of phenols is 1. The minimum Gasteiger partial charge on any atom is -0.545 e. The second-order valence-corrected chi connectivity index (χ2v) is 2.82. The summed E-state index contributed by atoms with van der Waals surface area (Å²) in [7, 11) is 0. The number of carbonyl (C=O) groups excluding carboxylic acids is 1. The first kappa shape index (κ1) is 12.6. The van der Waals surface area contributed by atoms with Crippen molar-refractivity contribution in [1.82, 2.24) is 4.98 Å². The van der Waals surface area contributed by atoms with E-state index in [2.05, 4.69) is 4.98 Å². The Bertz CT molecular complexity index is 513. The number of fused-ring (bicyclic) bond motifs is 1. The van der Waals surface area contributed by atoms with E-state index in [1.165, 1.54) is 12.3 Å². The first-order chi connectivity index (χ1) is 6.70. The van der Waals surface area contributed by atoms with Crippen molar-refractivity contribution < 1.29 is 66.4 Å². The molecule has 15 heavy (non-hydrogen) atoms. The Balaban J connectivity index is 0.00000112. The van der Waals surface area contributed by atoms with E-state index >= 15 is 0 Å². The van der Waals surface area contributed by atoms with Crippen molar-refractivity contribution in [2.45, 2.75) is 0 Å². The zero-order chi connectivity index (χ0) is 10.1. The first-order valence-electron chi connectivity index (χ1n) is 3.98. The zero-order valence-electron chi connectivity index (χ0n) is 8.10. The van der Waals surface area contributed by atoms with Gasteiger partial charge in [-0.2, -0.15) is 0 Å². The standard InChI is InChI=1S/C10H7NO3.K/c12-9-7(10(13)14)4-3-6-2-1-5-11-8(6)9;/h1-5,12H,(H,13,14);/q;+1/p-1. The molecule has 0 saturated carbocycles. The third kappa shape index (κ3) is 2.38. The average molecular weight is 227 g/mol. The van der Waals surface area contributed by atoms with Gasteiger partial charge < -0.3 is 15.0 Å². The number of aromatic nitrogens is 1. The summed E-state index contributed by atoms with van der Waals surface area (Å²) in [6.45, 7) is 0. The zero-order valence-corrected chi connectivity index (χ0v) is 11.2. The molecular formula is C10H6KNO3. The molecule has 1 N–H and O–H groups in total. The molecule has 1 aromatic heterocycles. The molecule has 1 heterocycles. The van der Waals surface area contributed by atoms with Gasteiger partial charge >= 0.3 is 51.4 Å². The van der Waals surface area contributed by atoms with E-state index in [4.69, 9.17) is 0 Å². The van der Waals surface area contributed by atoms with Crippen LogP contribution >= 0.6 is 0 Å². The SMILES string of the molecule is O=C([O-])c1ccc2cccnc2c1O.[K+]. The van der Waals surface area contributed by atoms with Gasteiger partial charge in [0, 0.05) is 17.1 Å². The molecule has 1 aromatic carbocycles. The normalized spacial score (nSPS) is 9.60. The van der Waals surface area contributed by atoms with Crippen LogP contribution in [0.15, 0.2) is 30.5 Å². The van der Waals surface area contributed by atoms with Crippen LogP contribution in [0.4, 0.5) is 0 Å². The summed E-state index contributed by atoms with van der Waals surface area (Å²) in [4.78, 5) is 14.4. The number of carboxylic acid groups (broad SMARTS) is 1. The maximum atomic E-state index is 10.6. The number of pyridine rings is 1. The van der Waals surface area contributed by atoms with Crippen LogP contribution in [0.1, 0.15) is 10.4 Å². The van der Waals surface area contributed by atoms with Gasteiger partial charge in [0.2, 0.25) is 0 Å². The van der Waals surface area contributed by atoms with Crippen molar-refractivity contribution in [1.29, 1.82) is 0 Å². The summed E-state index contributed by atoms with van der Waals surface area (Å²) in [5, 5.41) is 20.8. The quantitative estimate of drug-likeness (QED) is 0.538. The number of aromatic carboxylic acids is 1. The third-order valence-electron chi connectivity index (χ3n) is 1.97. The van der Waals surface area contributed by atoms with Crippen LogP contribution in [0.5, 0.6) is 5.75 Å². The van der Waals surface area contributed by atoms with E-state index in [9.17, 15) is 15.0 Å². The maximum Gasteiger partial charge on any atom is 1.00 e. The number of hydrogen-bond acceptors (Lipinski definition) is 4. The van der Waals surface area contributed by atoms with E-state index in [0.717, 1.165) is 0 Å². The number of carbonyl (C=O) groups is 1. The Labute approximate surface area is 128 Å². The van der Waals surface area contributed by atoms with Crippen LogP contribution in [0.2, 0.25) is 0 Å². The van der Waals surface area contributed by atoms with Crippen molar-refractivity contribution in [3.05, 3.63) is 36.0 Å². The fraction of sp³-hybridized carbons (Fsp3) is 0. The molecule has 0 unspecified atom stereocenters. The molecule has 0 amide bonds. The monoisotopic (exact) mass is 227 g/mol. The molecular weight excluding hydrogens is 221 g/mol. The summed E-state index contributed by atoms with van der Waals surface area (Å²) in [5.74, 6) is -1.75. The Kier molecular flexibility index (Phi) is 4.24. The predicted molar refractivity (Wildman–Crippen MR) is 47.7 cm³/mol. The number of rotatable bonds is 1. The topological polar surface area (TPSA) is 73.2 Å². The van der Waals surface area contributed by atoms with Gasteiger partial charge in [0.15, 0.2) is 5.75 Å². The molecule has 0 saturated heterocycles. The summed E-state index contributed by atoms with van der Waals surface area (Å²) in [6, 6.07) is 6.32. The number of hydrogen-bond donors (Lipinski definition) is 1. The fourth-order valence-electron chi connectivity index (χ4n) is 1.29. The molecule has 70 valence electrons. The molecule has 0 aliphatic heterocycles. The Morgan fingerprint density at radius 1 is 1.33 bits per heavy atom. The van der Waals surface area contributed by atoms with Gasteiger partial charge in [-0.15, -0.1) is 0 Å². The summed E-state index contributed by atoms with van der Waals surface area (Å²) in [6.07, 6.45) is 1.49. The van der Waals surface area contributed by atoms with Crippen LogP contribution in [0.25, 0.3) is 10.9 Å². The van der Waals surface area contributed by atoms with E-state index in [1.807, 2.05) is 0 Å². The van der Waals surface area contributed by atoms with Crippen molar-refractivity contribution >= 4 is 16.9 Å². The van der Waals surface area contributed by atoms with Crippen LogP contribution in [0, 0.1) is 0 Å². The van der Waals surface area contributed by atoms with Crippen molar-refractivity contribution in [3.63, 3.8) is 0 Å². The minimum atomic E-state index is -1.41. The van der Waals surface area contributed by atoms with Crippen LogP contribution < -0.4 is 56.5 Å². The van der Waals surface area contributed by atoms with E-state index in [1.54, 1.807) is 18.2 Å². The average Bonchev–Trinajstić information content (AvgIpc) is 2.18. The first-order valence-corrected chi connectivity index (χ1v) is 3.98. The van der Waals surface area contributed by atoms with Gasteiger partial charge in [0.05, 0.1) is 5.97 Å². The van der Waals surface area contributed by atoms with Gasteiger partial charge in [-0.05, 0) is 12.1 Å². The third-order valence-corrected chi connectivity index (χ3v) is 1.97. The second-order valence-electron chi connectivity index (χ2n) is 2.82. The summed E-state index contributed by atoms with van der Waals surface area (Å²) >= 11 is 0. The Morgan fingerprint density at radius 3 is 2.73 bits per heavy atom. The molecule has 4 nitrogen and oxygen atoms in total. The van der Waals surface area contributed by atoms with Gasteiger partial charge in [-0.1, -0.05) is 12.1 Å². The molecule has 0 aliphatic carbocycles. The number of nitrogens with zero attached hydrogens (tertiary/aromatic N) is 1. The Hall–Kier alpha value is -0.464. The maximum absolute atomic E-state index is 10.6. The number of carboxylic acids is 1. The molecule has 5 heteroatoms. The van der Waals surface area contributed by atoms with Gasteiger partial charge in [-0.3, -0.25) is 4.98 Å². The molecule has 0 bridgehead atoms. The minimum absolute atomic E-state index is 0. The molecule has 0 atom stereocenters. The van der Waals surface area contributed by atoms with Crippen molar-refractivity contribution in [2.24, 2.45) is 0 Å². The number of aromatic hydroxyl groups is 1. The summed E-state index contributed by atoms with van der Waals surface area (Å²) < 4.78 is 0. The van der Waals surface area contributed by atoms with Gasteiger partial charge in [0.1, 0.15) is 5.52 Å². The van der Waals surface area contributed by atoms with Crippen molar-refractivity contribution in [3.8, 4) is 5.75 Å². The Morgan fingerprint density at radius 2 is 2.07 bits per heavy atom. The molecule has 0 aliphatic rings. The predicted octanol–water partition coefficient (Wildman–Crippen LogP) is -2.69. The molecule has 2 rings (SSSR count). The fourth-order valence-corrected chi connectivity index (χ4v) is 1.29. The smallest absolute Gasteiger partial charge is 0.545 e. The summed E-state index contributed by atoms with van der Waals surface area (Å²) in [5.41, 5.74) is 0.0328. The molecule has 0 spiro atoms. The second kappa shape index (κ2) is 5.04. The number of benzene rings is 1. The van der Waals surface area contributed by atoms with Gasteiger partial charge in [-0.25, -0.2) is 0 Å².